The number of anilines is 1. The van der Waals surface area contributed by atoms with E-state index in [1.165, 1.54) is 0 Å². The maximum Gasteiger partial charge on any atom is 0.0636 e. The molecule has 4 heteroatoms. The molecule has 0 saturated carbocycles. The van der Waals surface area contributed by atoms with E-state index in [1.807, 2.05) is 12.1 Å². The van der Waals surface area contributed by atoms with E-state index in [-0.39, 0.29) is 12.4 Å². The van der Waals surface area contributed by atoms with Crippen LogP contribution in [0.15, 0.2) is 18.3 Å². The zero-order chi connectivity index (χ0) is 8.39. The van der Waals surface area contributed by atoms with Crippen molar-refractivity contribution in [1.82, 2.24) is 10.3 Å². The summed E-state index contributed by atoms with van der Waals surface area (Å²) in [5, 5.41) is 3.23. The number of nitrogens with one attached hydrogen (secondary N) is 1. The molecule has 0 unspecified atom stereocenters. The van der Waals surface area contributed by atoms with E-state index >= 15 is 0 Å². The summed E-state index contributed by atoms with van der Waals surface area (Å²) in [6.45, 7) is 2.21. The average molecular weight is 200 g/mol. The monoisotopic (exact) mass is 199 g/mol. The van der Waals surface area contributed by atoms with E-state index in [1.54, 1.807) is 6.20 Å². The van der Waals surface area contributed by atoms with Crippen molar-refractivity contribution >= 4 is 18.1 Å². The molecule has 0 amide bonds. The normalized spacial score (nSPS) is 16.0. The lowest BCUT2D eigenvalue weighted by Gasteiger charge is -2.26. The highest BCUT2D eigenvalue weighted by Crippen LogP contribution is 2.15. The summed E-state index contributed by atoms with van der Waals surface area (Å²) >= 11 is 0. The third-order valence-electron chi connectivity index (χ3n) is 2.27. The maximum atomic E-state index is 5.76. The van der Waals surface area contributed by atoms with Crippen molar-refractivity contribution in [2.24, 2.45) is 5.92 Å². The predicted octanol–water partition coefficient (Wildman–Crippen LogP) is 0.847. The Balaban J connectivity index is 0.000000845. The van der Waals surface area contributed by atoms with Crippen LogP contribution in [0.2, 0.25) is 0 Å². The van der Waals surface area contributed by atoms with Crippen LogP contribution >= 0.6 is 12.4 Å². The lowest BCUT2D eigenvalue weighted by atomic mass is 9.96. The Labute approximate surface area is 84.1 Å². The summed E-state index contributed by atoms with van der Waals surface area (Å²) < 4.78 is 0. The Kier molecular flexibility index (Phi) is 3.51. The Hall–Kier alpha value is -0.800. The molecule has 0 radical (unpaired) electrons. The molecule has 0 aliphatic carbocycles. The Morgan fingerprint density at radius 3 is 2.85 bits per heavy atom. The summed E-state index contributed by atoms with van der Waals surface area (Å²) in [6.07, 6.45) is 2.82. The number of nitrogens with zero attached hydrogens (tertiary/aromatic N) is 1. The number of pyridine rings is 1. The predicted molar refractivity (Wildman–Crippen MR) is 56.0 cm³/mol. The van der Waals surface area contributed by atoms with Crippen molar-refractivity contribution in [3.8, 4) is 0 Å². The first-order valence-electron chi connectivity index (χ1n) is 4.26. The van der Waals surface area contributed by atoms with Crippen LogP contribution in [0.3, 0.4) is 0 Å². The molecule has 1 aromatic heterocycles. The van der Waals surface area contributed by atoms with Gasteiger partial charge in [0.15, 0.2) is 0 Å². The number of aromatic nitrogens is 1. The van der Waals surface area contributed by atoms with Gasteiger partial charge in [-0.3, -0.25) is 4.98 Å². The second-order valence-electron chi connectivity index (χ2n) is 3.27. The number of hydrogen-bond acceptors (Lipinski definition) is 3. The standard InChI is InChI=1S/C9H13N3.ClH/c10-8-2-1-3-12-9(8)4-7-5-11-6-7;/h1-3,7,11H,4-6,10H2;1H. The van der Waals surface area contributed by atoms with Gasteiger partial charge < -0.3 is 11.1 Å². The van der Waals surface area contributed by atoms with E-state index in [9.17, 15) is 0 Å². The van der Waals surface area contributed by atoms with Crippen molar-refractivity contribution in [2.75, 3.05) is 18.8 Å². The highest BCUT2D eigenvalue weighted by Gasteiger charge is 2.18. The van der Waals surface area contributed by atoms with Gasteiger partial charge in [-0.1, -0.05) is 0 Å². The molecular formula is C9H14ClN3. The lowest BCUT2D eigenvalue weighted by molar-refractivity contribution is 0.344. The van der Waals surface area contributed by atoms with Crippen molar-refractivity contribution in [2.45, 2.75) is 6.42 Å². The van der Waals surface area contributed by atoms with Crippen molar-refractivity contribution < 1.29 is 0 Å². The first-order valence-corrected chi connectivity index (χ1v) is 4.26. The van der Waals surface area contributed by atoms with E-state index < -0.39 is 0 Å². The van der Waals surface area contributed by atoms with Crippen LogP contribution in [0.5, 0.6) is 0 Å². The van der Waals surface area contributed by atoms with E-state index in [0.717, 1.165) is 36.8 Å². The molecule has 13 heavy (non-hydrogen) atoms. The van der Waals surface area contributed by atoms with Gasteiger partial charge >= 0.3 is 0 Å². The minimum atomic E-state index is 0. The fourth-order valence-electron chi connectivity index (χ4n) is 1.39. The zero-order valence-corrected chi connectivity index (χ0v) is 8.18. The second kappa shape index (κ2) is 4.44. The molecule has 1 saturated heterocycles. The molecule has 0 bridgehead atoms. The molecule has 72 valence electrons. The minimum absolute atomic E-state index is 0. The average Bonchev–Trinajstić information content (AvgIpc) is 2.00. The van der Waals surface area contributed by atoms with Crippen molar-refractivity contribution in [3.63, 3.8) is 0 Å². The van der Waals surface area contributed by atoms with Gasteiger partial charge in [-0.2, -0.15) is 0 Å². The van der Waals surface area contributed by atoms with Crippen molar-refractivity contribution in [1.29, 1.82) is 0 Å². The van der Waals surface area contributed by atoms with Crippen LogP contribution in [0.25, 0.3) is 0 Å². The molecule has 3 N–H and O–H groups in total. The van der Waals surface area contributed by atoms with Gasteiger partial charge in [0.05, 0.1) is 11.4 Å². The molecule has 1 aliphatic rings. The first kappa shape index (κ1) is 10.3. The fraction of sp³-hybridized carbons (Fsp3) is 0.444. The van der Waals surface area contributed by atoms with Crippen LogP contribution in [-0.4, -0.2) is 18.1 Å². The van der Waals surface area contributed by atoms with Gasteiger partial charge in [0.2, 0.25) is 0 Å². The number of rotatable bonds is 2. The summed E-state index contributed by atoms with van der Waals surface area (Å²) in [5.41, 5.74) is 7.63. The number of halogens is 1. The molecule has 1 aliphatic heterocycles. The summed E-state index contributed by atoms with van der Waals surface area (Å²) in [6, 6.07) is 3.78. The molecule has 2 rings (SSSR count). The summed E-state index contributed by atoms with van der Waals surface area (Å²) in [4.78, 5) is 4.25. The molecule has 2 heterocycles. The quantitative estimate of drug-likeness (QED) is 0.743. The largest absolute Gasteiger partial charge is 0.397 e. The smallest absolute Gasteiger partial charge is 0.0636 e. The SMILES string of the molecule is Cl.Nc1cccnc1CC1CNC1. The van der Waals surface area contributed by atoms with Crippen LogP contribution in [0.4, 0.5) is 5.69 Å². The van der Waals surface area contributed by atoms with Gasteiger partial charge in [-0.05, 0) is 37.6 Å². The molecule has 1 aromatic rings. The molecule has 3 nitrogen and oxygen atoms in total. The molecule has 0 spiro atoms. The van der Waals surface area contributed by atoms with Gasteiger partial charge in [0, 0.05) is 6.20 Å². The highest BCUT2D eigenvalue weighted by molar-refractivity contribution is 5.85. The number of nitrogen functional groups attached to an aromatic ring is 1. The van der Waals surface area contributed by atoms with Gasteiger partial charge in [-0.15, -0.1) is 12.4 Å². The summed E-state index contributed by atoms with van der Waals surface area (Å²) in [5.74, 6) is 0.738. The molecule has 1 fully saturated rings. The fourth-order valence-corrected chi connectivity index (χ4v) is 1.39. The van der Waals surface area contributed by atoms with Gasteiger partial charge in [-0.25, -0.2) is 0 Å². The van der Waals surface area contributed by atoms with Crippen LogP contribution in [0, 0.1) is 5.92 Å². The molecule has 0 aromatic carbocycles. The highest BCUT2D eigenvalue weighted by atomic mass is 35.5. The maximum absolute atomic E-state index is 5.76. The topological polar surface area (TPSA) is 50.9 Å². The third kappa shape index (κ3) is 2.32. The number of hydrogen-bond donors (Lipinski definition) is 2. The third-order valence-corrected chi connectivity index (χ3v) is 2.27. The van der Waals surface area contributed by atoms with Crippen LogP contribution < -0.4 is 11.1 Å². The van der Waals surface area contributed by atoms with E-state index in [2.05, 4.69) is 10.3 Å². The van der Waals surface area contributed by atoms with Crippen LogP contribution in [0.1, 0.15) is 5.69 Å². The van der Waals surface area contributed by atoms with E-state index in [4.69, 9.17) is 5.73 Å². The minimum Gasteiger partial charge on any atom is -0.397 e. The van der Waals surface area contributed by atoms with Crippen molar-refractivity contribution in [3.05, 3.63) is 24.0 Å². The Morgan fingerprint density at radius 1 is 1.54 bits per heavy atom. The second-order valence-corrected chi connectivity index (χ2v) is 3.27. The van der Waals surface area contributed by atoms with E-state index in [0.29, 0.717) is 0 Å². The van der Waals surface area contributed by atoms with Gasteiger partial charge in [0.25, 0.3) is 0 Å². The molecular weight excluding hydrogens is 186 g/mol. The Morgan fingerprint density at radius 2 is 2.31 bits per heavy atom. The summed E-state index contributed by atoms with van der Waals surface area (Å²) in [7, 11) is 0. The molecule has 0 atom stereocenters. The number of nitrogens with two attached hydrogens (primary N) is 1. The first-order chi connectivity index (χ1) is 5.86. The Bertz CT molecular complexity index is 273. The zero-order valence-electron chi connectivity index (χ0n) is 7.36. The van der Waals surface area contributed by atoms with Gasteiger partial charge in [0.1, 0.15) is 0 Å². The lowest BCUT2D eigenvalue weighted by Crippen LogP contribution is -2.43. The van der Waals surface area contributed by atoms with Crippen LogP contribution in [-0.2, 0) is 6.42 Å².